The fraction of sp³-hybridized carbons (Fsp3) is 0.205. The van der Waals surface area contributed by atoms with Gasteiger partial charge in [0.2, 0.25) is 0 Å². The van der Waals surface area contributed by atoms with Crippen LogP contribution in [-0.2, 0) is 91.6 Å². The number of nitro groups is 2. The third-order valence-corrected chi connectivity index (χ3v) is 20.3. The number of nitrogens with zero attached hydrogens (tertiary/aromatic N) is 7. The molecule has 4 amide bonds. The van der Waals surface area contributed by atoms with Crippen LogP contribution in [0.15, 0.2) is 225 Å². The molecule has 22 nitrogen and oxygen atoms in total. The van der Waals surface area contributed by atoms with Crippen LogP contribution in [0.1, 0.15) is 140 Å². The van der Waals surface area contributed by atoms with E-state index >= 15 is 0 Å². The lowest BCUT2D eigenvalue weighted by Gasteiger charge is -2.19. The Labute approximate surface area is 729 Å². The number of carbonyl (C=O) groups is 5. The van der Waals surface area contributed by atoms with E-state index in [0.29, 0.717) is 70.1 Å². The number of pyridine rings is 1. The molecular weight excluding hydrogens is 1810 g/mol. The monoisotopic (exact) mass is 1880 g/mol. The van der Waals surface area contributed by atoms with E-state index in [4.69, 9.17) is 17.2 Å². The number of halogens is 19. The maximum Gasteiger partial charge on any atom is 0.416 e. The molecule has 0 radical (unpaired) electrons. The molecule has 0 saturated heterocycles. The van der Waals surface area contributed by atoms with Gasteiger partial charge in [0, 0.05) is 120 Å². The Morgan fingerprint density at radius 1 is 0.465 bits per heavy atom. The van der Waals surface area contributed by atoms with E-state index in [2.05, 4.69) is 36.3 Å². The SMILES string of the molecule is CC(C)(F)C(=O)NCc1cnc(C(F)F)c(C(=O)Nc2ccc3c(c2)CN(c2cccc(C(F)(F)F)c2)C3)c1.COC(=O)c1cc([N+](=O)[O-])ccc1CBr.Nc1ccc2c(c1)C(=O)N(c1cccc(C(F)(F)F)c1)C2.Nc1ccc2c(c1)CN(c1cccc(C(F)(F)F)c1)C2.Nc1cccc(C(F)(F)F)c1.O=C1c2cc([N+](=O)[O-])ccc2CN1c1cccc(C(F)(F)F)c1. The molecule has 1 aromatic heterocycles. The quantitative estimate of drug-likeness (QED) is 0.0169. The van der Waals surface area contributed by atoms with Crippen LogP contribution in [0.4, 0.5) is 136 Å². The number of hydrogen-bond acceptors (Lipinski definition) is 16. The van der Waals surface area contributed by atoms with Crippen molar-refractivity contribution in [3.05, 3.63) is 345 Å². The van der Waals surface area contributed by atoms with Gasteiger partial charge in [-0.15, -0.1) is 0 Å². The first-order valence-corrected chi connectivity index (χ1v) is 38.9. The number of hydrogen-bond donors (Lipinski definition) is 5. The molecule has 10 aromatic carbocycles. The van der Waals surface area contributed by atoms with Crippen molar-refractivity contribution >= 4 is 102 Å². The van der Waals surface area contributed by atoms with Crippen LogP contribution in [0.2, 0.25) is 0 Å². The number of ether oxygens (including phenoxy) is 1. The van der Waals surface area contributed by atoms with E-state index < -0.39 is 116 Å². The molecule has 0 bridgehead atoms. The summed E-state index contributed by atoms with van der Waals surface area (Å²) in [6.07, 6.45) is -24.0. The van der Waals surface area contributed by atoms with Gasteiger partial charge in [-0.1, -0.05) is 70.5 Å². The fourth-order valence-electron chi connectivity index (χ4n) is 13.2. The van der Waals surface area contributed by atoms with Crippen molar-refractivity contribution in [2.24, 2.45) is 0 Å². The highest BCUT2D eigenvalue weighted by molar-refractivity contribution is 9.08. The average molecular weight is 1880 g/mol. The molecule has 8 N–H and O–H groups in total. The molecule has 4 aliphatic rings. The first-order chi connectivity index (χ1) is 60.4. The van der Waals surface area contributed by atoms with Gasteiger partial charge >= 0.3 is 36.9 Å². The number of esters is 1. The molecule has 676 valence electrons. The fourth-order valence-corrected chi connectivity index (χ4v) is 13.7. The predicted molar refractivity (Wildman–Crippen MR) is 445 cm³/mol. The van der Waals surface area contributed by atoms with Gasteiger partial charge in [0.15, 0.2) is 5.67 Å². The van der Waals surface area contributed by atoms with Crippen molar-refractivity contribution in [3.8, 4) is 0 Å². The summed E-state index contributed by atoms with van der Waals surface area (Å²) in [5.74, 6) is -3.25. The van der Waals surface area contributed by atoms with Crippen molar-refractivity contribution in [1.82, 2.24) is 10.3 Å². The molecule has 0 saturated carbocycles. The summed E-state index contributed by atoms with van der Waals surface area (Å²) in [7, 11) is 1.24. The van der Waals surface area contributed by atoms with Crippen LogP contribution in [0.5, 0.6) is 0 Å². The van der Waals surface area contributed by atoms with Crippen LogP contribution in [0, 0.1) is 20.2 Å². The number of aromatic nitrogens is 1. The van der Waals surface area contributed by atoms with E-state index in [1.54, 1.807) is 53.4 Å². The lowest BCUT2D eigenvalue weighted by molar-refractivity contribution is -0.385. The normalized spacial score (nSPS) is 13.3. The number of non-ortho nitro benzene ring substituents is 2. The predicted octanol–water partition coefficient (Wildman–Crippen LogP) is 21.8. The van der Waals surface area contributed by atoms with E-state index in [1.807, 2.05) is 23.1 Å². The van der Waals surface area contributed by atoms with Crippen LogP contribution >= 0.6 is 15.9 Å². The van der Waals surface area contributed by atoms with Crippen molar-refractivity contribution in [3.63, 3.8) is 0 Å². The Balaban J connectivity index is 0.000000168. The number of amides is 4. The Bertz CT molecular complexity index is 6050. The van der Waals surface area contributed by atoms with Crippen molar-refractivity contribution in [2.75, 3.05) is 49.2 Å². The molecule has 5 heterocycles. The van der Waals surface area contributed by atoms with Gasteiger partial charge in [-0.2, -0.15) is 65.9 Å². The minimum absolute atomic E-state index is 0.0769. The Hall–Kier alpha value is -14.3. The molecule has 0 spiro atoms. The highest BCUT2D eigenvalue weighted by Crippen LogP contribution is 2.42. The zero-order valence-electron chi connectivity index (χ0n) is 67.2. The molecular formula is C88H71BrF18N12O10. The summed E-state index contributed by atoms with van der Waals surface area (Å²) >= 11 is 3.19. The molecule has 15 rings (SSSR count). The maximum atomic E-state index is 13.7. The number of alkyl halides is 19. The van der Waals surface area contributed by atoms with Crippen molar-refractivity contribution in [1.29, 1.82) is 0 Å². The number of methoxy groups -OCH3 is 1. The second-order valence-corrected chi connectivity index (χ2v) is 29.8. The highest BCUT2D eigenvalue weighted by atomic mass is 79.9. The Morgan fingerprint density at radius 2 is 0.860 bits per heavy atom. The third kappa shape index (κ3) is 24.9. The summed E-state index contributed by atoms with van der Waals surface area (Å²) < 4.78 is 235. The lowest BCUT2D eigenvalue weighted by Crippen LogP contribution is -2.38. The van der Waals surface area contributed by atoms with E-state index in [9.17, 15) is 123 Å². The van der Waals surface area contributed by atoms with Gasteiger partial charge in [0.1, 0.15) is 5.69 Å². The summed E-state index contributed by atoms with van der Waals surface area (Å²) in [5.41, 5.74) is 18.7. The van der Waals surface area contributed by atoms with Crippen LogP contribution in [-0.4, -0.2) is 57.2 Å². The summed E-state index contributed by atoms with van der Waals surface area (Å²) in [6.45, 7) is 4.05. The number of nitrogens with two attached hydrogens (primary N) is 3. The summed E-state index contributed by atoms with van der Waals surface area (Å²) in [4.78, 5) is 90.6. The molecule has 41 heteroatoms. The number of carbonyl (C=O) groups excluding carboxylic acids is 5. The highest BCUT2D eigenvalue weighted by Gasteiger charge is 2.39. The van der Waals surface area contributed by atoms with Gasteiger partial charge in [-0.25, -0.2) is 18.0 Å². The first-order valence-electron chi connectivity index (χ1n) is 37.8. The van der Waals surface area contributed by atoms with Crippen LogP contribution in [0.3, 0.4) is 0 Å². The molecule has 0 fully saturated rings. The molecule has 129 heavy (non-hydrogen) atoms. The number of anilines is 8. The van der Waals surface area contributed by atoms with Crippen LogP contribution in [0.25, 0.3) is 0 Å². The van der Waals surface area contributed by atoms with Gasteiger partial charge in [0.25, 0.3) is 41.4 Å². The standard InChI is InChI=1S/C27H24F6N4O2.C15H9F3N2O3.C15H11F3N2O.C15H13F3N2.C9H8BrNO4.C7H6F3N/c1-26(2,30)25(39)35-12-15-8-21(22(23(28)29)34-11-15)24(38)36-19-7-6-16-13-37(14-17(16)9-19)20-5-3-4-18(10-20)27(31,32)33;16-15(17,18)10-2-1-3-11(6-10)19-8-9-4-5-12(20(22)23)7-13(9)14(19)21;16-15(17,18)10-2-1-3-12(6-10)20-8-9-4-5-11(19)7-13(9)14(20)21;16-15(17,18)12-2-1-3-14(7-12)20-8-10-4-5-13(19)6-11(10)9-20;1-15-9(12)8-4-7(11(13)14)3-2-6(8)5-10;8-7(9,10)5-2-1-3-6(11)4-5/h3-11,23H,12-14H2,1-2H3,(H,35,39)(H,36,38);1-7H,8H2;1-7H,8,19H2;1-7H,8-9,19H2;2-4H,5H2,1H3;1-4H,11H2. The second kappa shape index (κ2) is 39.7. The zero-order valence-corrected chi connectivity index (χ0v) is 68.8. The van der Waals surface area contributed by atoms with Gasteiger partial charge in [-0.05, 0) is 198 Å². The van der Waals surface area contributed by atoms with Crippen LogP contribution < -0.4 is 47.4 Å². The van der Waals surface area contributed by atoms with Crippen molar-refractivity contribution in [2.45, 2.75) is 108 Å². The molecule has 4 aliphatic heterocycles. The van der Waals surface area contributed by atoms with Crippen molar-refractivity contribution < 1.29 is 118 Å². The third-order valence-electron chi connectivity index (χ3n) is 19.7. The molecule has 0 aliphatic carbocycles. The number of fused-ring (bicyclic) bond motifs is 4. The van der Waals surface area contributed by atoms with Gasteiger partial charge in [0.05, 0.1) is 74.6 Å². The second-order valence-electron chi connectivity index (χ2n) is 29.2. The summed E-state index contributed by atoms with van der Waals surface area (Å²) in [5, 5.41) is 26.6. The number of benzene rings is 10. The van der Waals surface area contributed by atoms with Gasteiger partial charge < -0.3 is 52.2 Å². The lowest BCUT2D eigenvalue weighted by atomic mass is 10.1. The minimum atomic E-state index is -4.51. The molecule has 0 unspecified atom stereocenters. The average Bonchev–Trinajstić information content (AvgIpc) is 1.63. The smallest absolute Gasteiger partial charge is 0.416 e. The van der Waals surface area contributed by atoms with E-state index in [-0.39, 0.29) is 77.2 Å². The number of nitrogens with one attached hydrogen (secondary N) is 2. The topological polar surface area (TPSA) is 309 Å². The number of rotatable bonds is 14. The van der Waals surface area contributed by atoms with E-state index in [1.165, 1.54) is 102 Å². The first kappa shape index (κ1) is 96.9. The Kier molecular flexibility index (Phi) is 29.8. The minimum Gasteiger partial charge on any atom is -0.465 e. The largest absolute Gasteiger partial charge is 0.465 e. The number of nitro benzene ring substituents is 2. The molecule has 0 atom stereocenters. The summed E-state index contributed by atoms with van der Waals surface area (Å²) in [6, 6.07) is 48.7. The zero-order chi connectivity index (χ0) is 94.7. The Morgan fingerprint density at radius 3 is 1.30 bits per heavy atom. The number of nitrogen functional groups attached to an aromatic ring is 3. The van der Waals surface area contributed by atoms with E-state index in [0.717, 1.165) is 115 Å². The molecule has 11 aromatic rings. The maximum absolute atomic E-state index is 13.7. The van der Waals surface area contributed by atoms with Gasteiger partial charge in [-0.3, -0.25) is 44.4 Å².